The van der Waals surface area contributed by atoms with E-state index < -0.39 is 0 Å². The first-order valence-electron chi connectivity index (χ1n) is 9.05. The van der Waals surface area contributed by atoms with Gasteiger partial charge in [-0.25, -0.2) is 0 Å². The Labute approximate surface area is 123 Å². The first-order valence-corrected chi connectivity index (χ1v) is 9.05. The van der Waals surface area contributed by atoms with Crippen molar-refractivity contribution in [3.8, 4) is 0 Å². The Bertz CT molecular complexity index is 344. The molecular formula is C17H31N3. The Morgan fingerprint density at radius 2 is 1.75 bits per heavy atom. The molecule has 4 aliphatic rings. The highest BCUT2D eigenvalue weighted by molar-refractivity contribution is 5.09. The summed E-state index contributed by atoms with van der Waals surface area (Å²) in [4.78, 5) is 2.83. The minimum Gasteiger partial charge on any atom is -0.296 e. The molecule has 1 saturated heterocycles. The first-order chi connectivity index (χ1) is 9.83. The first kappa shape index (κ1) is 13.5. The summed E-state index contributed by atoms with van der Waals surface area (Å²) in [6.07, 6.45) is 14.3. The molecule has 0 spiro atoms. The minimum absolute atomic E-state index is 0.403. The van der Waals surface area contributed by atoms with Crippen molar-refractivity contribution in [1.29, 1.82) is 0 Å². The molecule has 0 aromatic rings. The predicted octanol–water partition coefficient (Wildman–Crippen LogP) is 2.66. The number of hydrazine groups is 1. The van der Waals surface area contributed by atoms with Gasteiger partial charge in [0.15, 0.2) is 0 Å². The molecule has 3 N–H and O–H groups in total. The van der Waals surface area contributed by atoms with Gasteiger partial charge in [-0.2, -0.15) is 0 Å². The smallest absolute Gasteiger partial charge is 0.0425 e. The van der Waals surface area contributed by atoms with Gasteiger partial charge in [0.05, 0.1) is 0 Å². The molecule has 114 valence electrons. The average molecular weight is 277 g/mol. The van der Waals surface area contributed by atoms with Crippen LogP contribution < -0.4 is 11.3 Å². The van der Waals surface area contributed by atoms with Gasteiger partial charge in [0.1, 0.15) is 0 Å². The normalized spacial score (nSPS) is 41.5. The van der Waals surface area contributed by atoms with Crippen LogP contribution in [0.2, 0.25) is 0 Å². The number of likely N-dealkylation sites (tertiary alicyclic amines) is 1. The van der Waals surface area contributed by atoms with E-state index in [1.54, 1.807) is 0 Å². The molecule has 3 saturated carbocycles. The van der Waals surface area contributed by atoms with Crippen LogP contribution in [0.3, 0.4) is 0 Å². The van der Waals surface area contributed by atoms with E-state index in [-0.39, 0.29) is 0 Å². The third kappa shape index (κ3) is 1.97. The largest absolute Gasteiger partial charge is 0.296 e. The van der Waals surface area contributed by atoms with Crippen molar-refractivity contribution in [3.63, 3.8) is 0 Å². The van der Waals surface area contributed by atoms with Crippen molar-refractivity contribution >= 4 is 0 Å². The predicted molar refractivity (Wildman–Crippen MR) is 82.1 cm³/mol. The highest BCUT2D eigenvalue weighted by atomic mass is 15.3. The lowest BCUT2D eigenvalue weighted by atomic mass is 9.73. The van der Waals surface area contributed by atoms with Crippen molar-refractivity contribution < 1.29 is 0 Å². The Morgan fingerprint density at radius 3 is 2.30 bits per heavy atom. The highest BCUT2D eigenvalue weighted by Crippen LogP contribution is 2.53. The molecule has 0 amide bonds. The van der Waals surface area contributed by atoms with Gasteiger partial charge in [-0.1, -0.05) is 19.3 Å². The molecule has 4 rings (SSSR count). The Morgan fingerprint density at radius 1 is 1.00 bits per heavy atom. The monoisotopic (exact) mass is 277 g/mol. The van der Waals surface area contributed by atoms with Crippen LogP contribution in [0.4, 0.5) is 0 Å². The average Bonchev–Trinajstić information content (AvgIpc) is 3.24. The number of nitrogens with one attached hydrogen (secondary N) is 1. The van der Waals surface area contributed by atoms with Crippen LogP contribution in [0.5, 0.6) is 0 Å². The summed E-state index contributed by atoms with van der Waals surface area (Å²) in [5.74, 6) is 9.00. The lowest BCUT2D eigenvalue weighted by molar-refractivity contribution is 0.0357. The number of rotatable bonds is 4. The Kier molecular flexibility index (Phi) is 3.56. The molecule has 0 radical (unpaired) electrons. The maximum atomic E-state index is 6.14. The zero-order valence-corrected chi connectivity index (χ0v) is 12.8. The van der Waals surface area contributed by atoms with Gasteiger partial charge in [0, 0.05) is 11.6 Å². The van der Waals surface area contributed by atoms with E-state index in [0.29, 0.717) is 11.6 Å². The number of nitrogens with zero attached hydrogens (tertiary/aromatic N) is 1. The van der Waals surface area contributed by atoms with E-state index >= 15 is 0 Å². The molecular weight excluding hydrogens is 246 g/mol. The molecule has 3 aliphatic carbocycles. The summed E-state index contributed by atoms with van der Waals surface area (Å²) in [7, 11) is 0. The number of nitrogens with two attached hydrogens (primary N) is 1. The van der Waals surface area contributed by atoms with Crippen molar-refractivity contribution in [2.45, 2.75) is 75.8 Å². The number of fused-ring (bicyclic) bond motifs is 2. The fourth-order valence-corrected chi connectivity index (χ4v) is 6.35. The zero-order valence-electron chi connectivity index (χ0n) is 12.8. The lowest BCUT2D eigenvalue weighted by Crippen LogP contribution is -2.64. The Hall–Kier alpha value is -0.120. The maximum absolute atomic E-state index is 6.14. The van der Waals surface area contributed by atoms with E-state index in [4.69, 9.17) is 5.84 Å². The van der Waals surface area contributed by atoms with Crippen molar-refractivity contribution in [1.82, 2.24) is 10.3 Å². The molecule has 20 heavy (non-hydrogen) atoms. The summed E-state index contributed by atoms with van der Waals surface area (Å²) in [5, 5.41) is 0. The highest BCUT2D eigenvalue weighted by Gasteiger charge is 2.53. The van der Waals surface area contributed by atoms with Gasteiger partial charge in [-0.05, 0) is 75.8 Å². The van der Waals surface area contributed by atoms with Crippen molar-refractivity contribution in [2.75, 3.05) is 13.1 Å². The van der Waals surface area contributed by atoms with Crippen LogP contribution in [0.25, 0.3) is 0 Å². The van der Waals surface area contributed by atoms with Gasteiger partial charge in [0.2, 0.25) is 0 Å². The number of hydrogen-bond acceptors (Lipinski definition) is 3. The van der Waals surface area contributed by atoms with Crippen LogP contribution in [0, 0.1) is 17.8 Å². The third-order valence-corrected chi connectivity index (χ3v) is 7.18. The van der Waals surface area contributed by atoms with Crippen LogP contribution >= 0.6 is 0 Å². The van der Waals surface area contributed by atoms with Crippen LogP contribution in [0.15, 0.2) is 0 Å². The van der Waals surface area contributed by atoms with Gasteiger partial charge >= 0.3 is 0 Å². The van der Waals surface area contributed by atoms with Crippen LogP contribution in [-0.4, -0.2) is 29.6 Å². The quantitative estimate of drug-likeness (QED) is 0.613. The third-order valence-electron chi connectivity index (χ3n) is 7.18. The minimum atomic E-state index is 0.403. The van der Waals surface area contributed by atoms with Crippen LogP contribution in [-0.2, 0) is 0 Å². The zero-order chi connectivity index (χ0) is 13.6. The Balaban J connectivity index is 1.60. The molecule has 4 unspecified atom stereocenters. The molecule has 0 aromatic heterocycles. The molecule has 1 aliphatic heterocycles. The molecule has 4 atom stereocenters. The van der Waals surface area contributed by atoms with E-state index in [1.165, 1.54) is 77.3 Å². The fraction of sp³-hybridized carbons (Fsp3) is 1.00. The van der Waals surface area contributed by atoms with Gasteiger partial charge in [-0.3, -0.25) is 16.2 Å². The second kappa shape index (κ2) is 5.26. The second-order valence-corrected chi connectivity index (χ2v) is 7.99. The van der Waals surface area contributed by atoms with E-state index in [2.05, 4.69) is 10.3 Å². The van der Waals surface area contributed by atoms with Gasteiger partial charge < -0.3 is 0 Å². The summed E-state index contributed by atoms with van der Waals surface area (Å²) in [6.45, 7) is 2.64. The summed E-state index contributed by atoms with van der Waals surface area (Å²) in [6, 6.07) is 0.554. The topological polar surface area (TPSA) is 41.3 Å². The standard InChI is InChI=1S/C17H31N3/c18-19-16(15-12-13-5-6-14(15)11-13)17(7-1-2-8-17)20-9-3-4-10-20/h13-16,19H,1-12,18H2. The molecule has 0 aromatic carbocycles. The van der Waals surface area contributed by atoms with Gasteiger partial charge in [-0.15, -0.1) is 0 Å². The van der Waals surface area contributed by atoms with E-state index in [1.807, 2.05) is 0 Å². The number of hydrogen-bond donors (Lipinski definition) is 2. The SMILES string of the molecule is NNC(C1CC2CCC1C2)C1(N2CCCC2)CCCC1. The summed E-state index contributed by atoms with van der Waals surface area (Å²) >= 11 is 0. The molecule has 3 heteroatoms. The lowest BCUT2D eigenvalue weighted by Gasteiger charge is -2.49. The van der Waals surface area contributed by atoms with Crippen LogP contribution in [0.1, 0.15) is 64.2 Å². The molecule has 2 bridgehead atoms. The second-order valence-electron chi connectivity index (χ2n) is 7.99. The van der Waals surface area contributed by atoms with Gasteiger partial charge in [0.25, 0.3) is 0 Å². The van der Waals surface area contributed by atoms with E-state index in [9.17, 15) is 0 Å². The van der Waals surface area contributed by atoms with Crippen molar-refractivity contribution in [3.05, 3.63) is 0 Å². The maximum Gasteiger partial charge on any atom is 0.0425 e. The molecule has 4 fully saturated rings. The van der Waals surface area contributed by atoms with Crippen molar-refractivity contribution in [2.24, 2.45) is 23.6 Å². The van der Waals surface area contributed by atoms with E-state index in [0.717, 1.165) is 17.8 Å². The summed E-state index contributed by atoms with van der Waals surface area (Å²) < 4.78 is 0. The fourth-order valence-electron chi connectivity index (χ4n) is 6.35. The molecule has 3 nitrogen and oxygen atoms in total. The summed E-state index contributed by atoms with van der Waals surface area (Å²) in [5.41, 5.74) is 3.75. The molecule has 1 heterocycles.